The third kappa shape index (κ3) is 2.42. The monoisotopic (exact) mass is 247 g/mol. The summed E-state index contributed by atoms with van der Waals surface area (Å²) >= 11 is 0. The predicted molar refractivity (Wildman–Crippen MR) is 62.3 cm³/mol. The number of nitro groups is 1. The standard InChI is InChI=1S/C8H13N5O2.ClH/c1-6-10-7(8(11-6)13(14)15)12-4-2-9-3-5-12;/h9H,2-5H2,1H3,(H,10,11);1H. The molecule has 0 atom stereocenters. The lowest BCUT2D eigenvalue weighted by atomic mass is 10.3. The summed E-state index contributed by atoms with van der Waals surface area (Å²) in [6.45, 7) is 4.90. The molecule has 0 unspecified atom stereocenters. The average molecular weight is 248 g/mol. The van der Waals surface area contributed by atoms with Gasteiger partial charge in [-0.15, -0.1) is 12.4 Å². The Balaban J connectivity index is 0.00000128. The van der Waals surface area contributed by atoms with Crippen molar-refractivity contribution < 1.29 is 4.92 Å². The summed E-state index contributed by atoms with van der Waals surface area (Å²) in [5.41, 5.74) is 0. The van der Waals surface area contributed by atoms with E-state index in [2.05, 4.69) is 15.3 Å². The molecule has 2 rings (SSSR count). The van der Waals surface area contributed by atoms with E-state index in [9.17, 15) is 10.1 Å². The number of aromatic amines is 1. The van der Waals surface area contributed by atoms with Gasteiger partial charge < -0.3 is 20.3 Å². The minimum absolute atomic E-state index is 0. The molecule has 0 saturated carbocycles. The Morgan fingerprint density at radius 1 is 1.44 bits per heavy atom. The van der Waals surface area contributed by atoms with Crippen molar-refractivity contribution in [1.29, 1.82) is 0 Å². The molecule has 1 aromatic rings. The second kappa shape index (κ2) is 5.13. The van der Waals surface area contributed by atoms with Crippen molar-refractivity contribution in [3.63, 3.8) is 0 Å². The maximum absolute atomic E-state index is 10.8. The summed E-state index contributed by atoms with van der Waals surface area (Å²) in [6.07, 6.45) is 0. The molecule has 0 bridgehead atoms. The molecule has 1 aliphatic rings. The Bertz CT molecular complexity index is 375. The lowest BCUT2D eigenvalue weighted by Crippen LogP contribution is -2.43. The average Bonchev–Trinajstić information content (AvgIpc) is 2.62. The molecule has 0 amide bonds. The van der Waals surface area contributed by atoms with Gasteiger partial charge in [-0.25, -0.2) is 4.98 Å². The highest BCUT2D eigenvalue weighted by Gasteiger charge is 2.24. The fourth-order valence-electron chi connectivity index (χ4n) is 1.69. The van der Waals surface area contributed by atoms with Gasteiger partial charge in [0.05, 0.1) is 0 Å². The molecule has 0 aromatic carbocycles. The number of hydrogen-bond acceptors (Lipinski definition) is 5. The zero-order valence-electron chi connectivity index (χ0n) is 8.89. The largest absolute Gasteiger partial charge is 0.365 e. The Labute approximate surface area is 98.8 Å². The number of nitrogens with zero attached hydrogens (tertiary/aromatic N) is 3. The summed E-state index contributed by atoms with van der Waals surface area (Å²) in [5, 5.41) is 14.0. The fourth-order valence-corrected chi connectivity index (χ4v) is 1.69. The number of rotatable bonds is 2. The van der Waals surface area contributed by atoms with Crippen LogP contribution in [-0.4, -0.2) is 41.1 Å². The molecule has 16 heavy (non-hydrogen) atoms. The molecule has 1 aliphatic heterocycles. The number of aromatic nitrogens is 2. The Morgan fingerprint density at radius 3 is 2.62 bits per heavy atom. The lowest BCUT2D eigenvalue weighted by molar-refractivity contribution is -0.388. The first-order valence-corrected chi connectivity index (χ1v) is 4.85. The minimum atomic E-state index is -0.419. The maximum Gasteiger partial charge on any atom is 0.365 e. The van der Waals surface area contributed by atoms with Crippen molar-refractivity contribution >= 4 is 24.0 Å². The van der Waals surface area contributed by atoms with E-state index in [1.54, 1.807) is 6.92 Å². The molecule has 8 heteroatoms. The molecular formula is C8H14ClN5O2. The van der Waals surface area contributed by atoms with Gasteiger partial charge in [-0.05, 0) is 4.92 Å². The molecule has 90 valence electrons. The van der Waals surface area contributed by atoms with E-state index in [4.69, 9.17) is 0 Å². The number of halogens is 1. The van der Waals surface area contributed by atoms with Gasteiger partial charge in [0.2, 0.25) is 5.82 Å². The van der Waals surface area contributed by atoms with Gasteiger partial charge >= 0.3 is 5.82 Å². The zero-order valence-corrected chi connectivity index (χ0v) is 9.71. The van der Waals surface area contributed by atoms with Gasteiger partial charge in [0.1, 0.15) is 0 Å². The van der Waals surface area contributed by atoms with Crippen LogP contribution < -0.4 is 10.2 Å². The zero-order chi connectivity index (χ0) is 10.8. The first kappa shape index (κ1) is 12.7. The van der Waals surface area contributed by atoms with Crippen molar-refractivity contribution in [1.82, 2.24) is 15.3 Å². The number of piperazine rings is 1. The van der Waals surface area contributed by atoms with Crippen molar-refractivity contribution in [2.24, 2.45) is 0 Å². The normalized spacial score (nSPS) is 15.7. The quantitative estimate of drug-likeness (QED) is 0.586. The van der Waals surface area contributed by atoms with Crippen LogP contribution in [0.2, 0.25) is 0 Å². The molecule has 1 fully saturated rings. The van der Waals surface area contributed by atoms with E-state index in [0.717, 1.165) is 26.2 Å². The number of nitrogens with one attached hydrogen (secondary N) is 2. The third-order valence-electron chi connectivity index (χ3n) is 2.38. The number of aryl methyl sites for hydroxylation is 1. The lowest BCUT2D eigenvalue weighted by Gasteiger charge is -2.26. The second-order valence-electron chi connectivity index (χ2n) is 3.49. The van der Waals surface area contributed by atoms with Crippen LogP contribution in [-0.2, 0) is 0 Å². The second-order valence-corrected chi connectivity index (χ2v) is 3.49. The highest BCUT2D eigenvalue weighted by Crippen LogP contribution is 2.24. The smallest absolute Gasteiger partial charge is 0.358 e. The van der Waals surface area contributed by atoms with Gasteiger partial charge in [-0.3, -0.25) is 0 Å². The van der Waals surface area contributed by atoms with Crippen LogP contribution in [0.1, 0.15) is 5.82 Å². The number of anilines is 1. The van der Waals surface area contributed by atoms with Crippen LogP contribution in [0, 0.1) is 17.0 Å². The third-order valence-corrected chi connectivity index (χ3v) is 2.38. The first-order valence-electron chi connectivity index (χ1n) is 4.85. The van der Waals surface area contributed by atoms with Crippen LogP contribution in [0.4, 0.5) is 11.6 Å². The Kier molecular flexibility index (Phi) is 4.08. The predicted octanol–water partition coefficient (Wildman–Crippen LogP) is 0.458. The molecule has 0 spiro atoms. The van der Waals surface area contributed by atoms with E-state index < -0.39 is 4.92 Å². The van der Waals surface area contributed by atoms with Gasteiger partial charge in [-0.1, -0.05) is 0 Å². The summed E-state index contributed by atoms with van der Waals surface area (Å²) in [5.74, 6) is 1.03. The number of H-pyrrole nitrogens is 1. The molecule has 0 radical (unpaired) electrons. The number of imidazole rings is 1. The van der Waals surface area contributed by atoms with Gasteiger partial charge in [0.15, 0.2) is 5.82 Å². The molecule has 2 N–H and O–H groups in total. The molecule has 1 saturated heterocycles. The highest BCUT2D eigenvalue weighted by molar-refractivity contribution is 5.85. The van der Waals surface area contributed by atoms with Crippen LogP contribution in [0.25, 0.3) is 0 Å². The van der Waals surface area contributed by atoms with E-state index >= 15 is 0 Å². The molecule has 7 nitrogen and oxygen atoms in total. The Hall–Kier alpha value is -1.34. The minimum Gasteiger partial charge on any atom is -0.358 e. The summed E-state index contributed by atoms with van der Waals surface area (Å²) in [7, 11) is 0. The van der Waals surface area contributed by atoms with E-state index in [0.29, 0.717) is 11.6 Å². The van der Waals surface area contributed by atoms with Crippen molar-refractivity contribution in [2.75, 3.05) is 31.1 Å². The maximum atomic E-state index is 10.8. The van der Waals surface area contributed by atoms with Crippen molar-refractivity contribution in [3.8, 4) is 0 Å². The van der Waals surface area contributed by atoms with Crippen LogP contribution in [0.5, 0.6) is 0 Å². The molecule has 2 heterocycles. The van der Waals surface area contributed by atoms with Crippen molar-refractivity contribution in [2.45, 2.75) is 6.92 Å². The fraction of sp³-hybridized carbons (Fsp3) is 0.625. The molecule has 0 aliphatic carbocycles. The van der Waals surface area contributed by atoms with Crippen LogP contribution in [0.3, 0.4) is 0 Å². The van der Waals surface area contributed by atoms with Gasteiger partial charge in [-0.2, -0.15) is 4.98 Å². The molecule has 1 aromatic heterocycles. The van der Waals surface area contributed by atoms with Crippen LogP contribution >= 0.6 is 12.4 Å². The Morgan fingerprint density at radius 2 is 2.06 bits per heavy atom. The van der Waals surface area contributed by atoms with E-state index in [1.165, 1.54) is 0 Å². The van der Waals surface area contributed by atoms with Gasteiger partial charge in [0.25, 0.3) is 0 Å². The van der Waals surface area contributed by atoms with E-state index in [1.807, 2.05) is 4.90 Å². The topological polar surface area (TPSA) is 87.1 Å². The summed E-state index contributed by atoms with van der Waals surface area (Å²) in [6, 6.07) is 0. The van der Waals surface area contributed by atoms with Crippen molar-refractivity contribution in [3.05, 3.63) is 15.9 Å². The first-order chi connectivity index (χ1) is 7.18. The van der Waals surface area contributed by atoms with Gasteiger partial charge in [0, 0.05) is 33.1 Å². The highest BCUT2D eigenvalue weighted by atomic mass is 35.5. The number of hydrogen-bond donors (Lipinski definition) is 2. The van der Waals surface area contributed by atoms with Crippen LogP contribution in [0.15, 0.2) is 0 Å². The van der Waals surface area contributed by atoms with E-state index in [-0.39, 0.29) is 18.2 Å². The summed E-state index contributed by atoms with van der Waals surface area (Å²) in [4.78, 5) is 19.1. The SMILES string of the molecule is Cc1nc(N2CCNCC2)c([N+](=O)[O-])[nH]1.Cl. The summed E-state index contributed by atoms with van der Waals surface area (Å²) < 4.78 is 0. The molecular weight excluding hydrogens is 234 g/mol.